The predicted octanol–water partition coefficient (Wildman–Crippen LogP) is 6.21. The standard InChI is InChI=1S/C23H17N3O2/c27-22-20(23(28)24-17-10-3-1-4-11-17)15-16-9-7-8-14-19(16)21(22)26-25-18-12-5-2-6-13-18/h1-15,27H,(H,24,28)/b26-25+. The maximum absolute atomic E-state index is 12.8. The van der Waals surface area contributed by atoms with E-state index in [-0.39, 0.29) is 17.0 Å². The number of phenols is 1. The molecule has 4 aromatic carbocycles. The topological polar surface area (TPSA) is 74.0 Å². The number of carbonyl (C=O) groups excluding carboxylic acids is 1. The molecule has 0 heterocycles. The van der Waals surface area contributed by atoms with Crippen LogP contribution in [0, 0.1) is 0 Å². The Morgan fingerprint density at radius 3 is 2.18 bits per heavy atom. The summed E-state index contributed by atoms with van der Waals surface area (Å²) in [7, 11) is 0. The maximum atomic E-state index is 12.8. The summed E-state index contributed by atoms with van der Waals surface area (Å²) in [6, 6.07) is 27.4. The first kappa shape index (κ1) is 17.4. The Bertz CT molecular complexity index is 1160. The highest BCUT2D eigenvalue weighted by Gasteiger charge is 2.18. The molecule has 0 aromatic heterocycles. The Labute approximate surface area is 162 Å². The van der Waals surface area contributed by atoms with Crippen LogP contribution in [0.1, 0.15) is 10.4 Å². The fourth-order valence-electron chi connectivity index (χ4n) is 2.91. The Balaban J connectivity index is 1.79. The molecule has 1 amide bonds. The van der Waals surface area contributed by atoms with Crippen LogP contribution in [0.25, 0.3) is 10.8 Å². The molecule has 28 heavy (non-hydrogen) atoms. The molecule has 0 saturated heterocycles. The van der Waals surface area contributed by atoms with Gasteiger partial charge in [0.15, 0.2) is 5.75 Å². The largest absolute Gasteiger partial charge is 0.505 e. The van der Waals surface area contributed by atoms with Crippen molar-refractivity contribution < 1.29 is 9.90 Å². The third-order valence-electron chi connectivity index (χ3n) is 4.29. The van der Waals surface area contributed by atoms with Crippen molar-refractivity contribution in [3.8, 4) is 5.75 Å². The molecule has 0 fully saturated rings. The highest BCUT2D eigenvalue weighted by Crippen LogP contribution is 2.39. The molecule has 0 aliphatic carbocycles. The summed E-state index contributed by atoms with van der Waals surface area (Å²) in [5.41, 5.74) is 1.71. The first-order valence-corrected chi connectivity index (χ1v) is 8.80. The second kappa shape index (κ2) is 7.72. The number of fused-ring (bicyclic) bond motifs is 1. The van der Waals surface area contributed by atoms with Crippen molar-refractivity contribution in [2.45, 2.75) is 0 Å². The molecule has 5 nitrogen and oxygen atoms in total. The van der Waals surface area contributed by atoms with E-state index in [0.29, 0.717) is 11.4 Å². The minimum absolute atomic E-state index is 0.143. The number of amides is 1. The highest BCUT2D eigenvalue weighted by molar-refractivity contribution is 6.11. The molecule has 0 spiro atoms. The lowest BCUT2D eigenvalue weighted by Gasteiger charge is -2.11. The number of hydrogen-bond donors (Lipinski definition) is 2. The molecular formula is C23H17N3O2. The van der Waals surface area contributed by atoms with Crippen molar-refractivity contribution in [3.63, 3.8) is 0 Å². The van der Waals surface area contributed by atoms with Gasteiger partial charge in [0.25, 0.3) is 5.91 Å². The summed E-state index contributed by atoms with van der Waals surface area (Å²) >= 11 is 0. The quantitative estimate of drug-likeness (QED) is 0.421. The molecule has 0 atom stereocenters. The molecule has 0 aliphatic heterocycles. The van der Waals surface area contributed by atoms with Crippen molar-refractivity contribution in [1.82, 2.24) is 0 Å². The van der Waals surface area contributed by atoms with E-state index < -0.39 is 5.91 Å². The Kier molecular flexibility index (Phi) is 4.80. The summed E-state index contributed by atoms with van der Waals surface area (Å²) in [4.78, 5) is 12.8. The Hall–Kier alpha value is -3.99. The first-order chi connectivity index (χ1) is 13.7. The van der Waals surface area contributed by atoms with Crippen molar-refractivity contribution in [2.75, 3.05) is 5.32 Å². The summed E-state index contributed by atoms with van der Waals surface area (Å²) in [5.74, 6) is -0.613. The van der Waals surface area contributed by atoms with Crippen LogP contribution < -0.4 is 5.32 Å². The maximum Gasteiger partial charge on any atom is 0.259 e. The molecule has 0 radical (unpaired) electrons. The van der Waals surface area contributed by atoms with E-state index in [4.69, 9.17) is 0 Å². The molecular weight excluding hydrogens is 350 g/mol. The van der Waals surface area contributed by atoms with E-state index in [0.717, 1.165) is 10.8 Å². The predicted molar refractivity (Wildman–Crippen MR) is 111 cm³/mol. The van der Waals surface area contributed by atoms with Gasteiger partial charge >= 0.3 is 0 Å². The SMILES string of the molecule is O=C(Nc1ccccc1)c1cc2ccccc2c(/N=N/c2ccccc2)c1O. The van der Waals surface area contributed by atoms with Crippen LogP contribution in [-0.2, 0) is 0 Å². The number of nitrogens with one attached hydrogen (secondary N) is 1. The van der Waals surface area contributed by atoms with Gasteiger partial charge in [-0.1, -0.05) is 60.7 Å². The van der Waals surface area contributed by atoms with E-state index in [1.807, 2.05) is 72.8 Å². The highest BCUT2D eigenvalue weighted by atomic mass is 16.3. The van der Waals surface area contributed by atoms with Crippen LogP contribution in [0.15, 0.2) is 101 Å². The number of phenolic OH excluding ortho intramolecular Hbond substituents is 1. The number of aromatic hydroxyl groups is 1. The minimum atomic E-state index is -0.411. The summed E-state index contributed by atoms with van der Waals surface area (Å²) < 4.78 is 0. The minimum Gasteiger partial charge on any atom is -0.505 e. The number of hydrogen-bond acceptors (Lipinski definition) is 4. The van der Waals surface area contributed by atoms with Crippen molar-refractivity contribution in [3.05, 3.63) is 96.6 Å². The van der Waals surface area contributed by atoms with Crippen LogP contribution in [0.3, 0.4) is 0 Å². The lowest BCUT2D eigenvalue weighted by molar-refractivity contribution is 0.102. The van der Waals surface area contributed by atoms with E-state index in [2.05, 4.69) is 15.5 Å². The average molecular weight is 367 g/mol. The smallest absolute Gasteiger partial charge is 0.259 e. The number of rotatable bonds is 4. The molecule has 0 aliphatic rings. The summed E-state index contributed by atoms with van der Waals surface area (Å²) in [5, 5.41) is 23.6. The second-order valence-electron chi connectivity index (χ2n) is 6.20. The molecule has 0 unspecified atom stereocenters. The lowest BCUT2D eigenvalue weighted by atomic mass is 10.0. The van der Waals surface area contributed by atoms with Gasteiger partial charge in [0, 0.05) is 11.1 Å². The van der Waals surface area contributed by atoms with Gasteiger partial charge in [0.05, 0.1) is 11.3 Å². The van der Waals surface area contributed by atoms with Crippen molar-refractivity contribution >= 4 is 33.7 Å². The van der Waals surface area contributed by atoms with Gasteiger partial charge in [-0.25, -0.2) is 0 Å². The van der Waals surface area contributed by atoms with E-state index in [1.54, 1.807) is 18.2 Å². The van der Waals surface area contributed by atoms with Gasteiger partial charge in [0.1, 0.15) is 5.69 Å². The molecule has 4 rings (SSSR count). The zero-order valence-electron chi connectivity index (χ0n) is 14.9. The van der Waals surface area contributed by atoms with Crippen LogP contribution in [0.4, 0.5) is 17.1 Å². The third-order valence-corrected chi connectivity index (χ3v) is 4.29. The number of nitrogens with zero attached hydrogens (tertiary/aromatic N) is 2. The molecule has 0 saturated carbocycles. The van der Waals surface area contributed by atoms with E-state index in [9.17, 15) is 9.90 Å². The number of carbonyl (C=O) groups is 1. The number of benzene rings is 4. The average Bonchev–Trinajstić information content (AvgIpc) is 2.74. The first-order valence-electron chi connectivity index (χ1n) is 8.80. The second-order valence-corrected chi connectivity index (χ2v) is 6.20. The van der Waals surface area contributed by atoms with E-state index in [1.165, 1.54) is 0 Å². The van der Waals surface area contributed by atoms with Gasteiger partial charge in [-0.05, 0) is 35.7 Å². The Morgan fingerprint density at radius 1 is 0.786 bits per heavy atom. The summed E-state index contributed by atoms with van der Waals surface area (Å²) in [6.07, 6.45) is 0. The number of anilines is 1. The van der Waals surface area contributed by atoms with Crippen molar-refractivity contribution in [2.24, 2.45) is 10.2 Å². The van der Waals surface area contributed by atoms with Crippen LogP contribution in [0.2, 0.25) is 0 Å². The van der Waals surface area contributed by atoms with Crippen molar-refractivity contribution in [1.29, 1.82) is 0 Å². The van der Waals surface area contributed by atoms with Gasteiger partial charge in [-0.3, -0.25) is 4.79 Å². The molecule has 136 valence electrons. The normalized spacial score (nSPS) is 11.0. The molecule has 5 heteroatoms. The van der Waals surface area contributed by atoms with Crippen LogP contribution in [-0.4, -0.2) is 11.0 Å². The third kappa shape index (κ3) is 3.59. The van der Waals surface area contributed by atoms with Gasteiger partial charge < -0.3 is 10.4 Å². The fraction of sp³-hybridized carbons (Fsp3) is 0. The zero-order valence-corrected chi connectivity index (χ0v) is 14.9. The zero-order chi connectivity index (χ0) is 19.3. The lowest BCUT2D eigenvalue weighted by Crippen LogP contribution is -2.12. The van der Waals surface area contributed by atoms with Gasteiger partial charge in [-0.2, -0.15) is 5.11 Å². The Morgan fingerprint density at radius 2 is 1.43 bits per heavy atom. The van der Waals surface area contributed by atoms with Gasteiger partial charge in [-0.15, -0.1) is 5.11 Å². The van der Waals surface area contributed by atoms with E-state index >= 15 is 0 Å². The number of azo groups is 1. The monoisotopic (exact) mass is 367 g/mol. The van der Waals surface area contributed by atoms with Crippen LogP contribution >= 0.6 is 0 Å². The fourth-order valence-corrected chi connectivity index (χ4v) is 2.91. The summed E-state index contributed by atoms with van der Waals surface area (Å²) in [6.45, 7) is 0. The molecule has 0 bridgehead atoms. The van der Waals surface area contributed by atoms with Gasteiger partial charge in [0.2, 0.25) is 0 Å². The molecule has 4 aromatic rings. The van der Waals surface area contributed by atoms with Crippen LogP contribution in [0.5, 0.6) is 5.75 Å². The number of para-hydroxylation sites is 1. The molecule has 2 N–H and O–H groups in total.